The van der Waals surface area contributed by atoms with Crippen molar-refractivity contribution in [3.05, 3.63) is 58.0 Å². The van der Waals surface area contributed by atoms with E-state index in [-0.39, 0.29) is 17.2 Å². The second kappa shape index (κ2) is 13.2. The topological polar surface area (TPSA) is 43.4 Å². The number of ketones is 1. The van der Waals surface area contributed by atoms with Crippen molar-refractivity contribution < 1.29 is 27.5 Å². The summed E-state index contributed by atoms with van der Waals surface area (Å²) in [6, 6.07) is 5.29. The summed E-state index contributed by atoms with van der Waals surface area (Å²) >= 11 is 1.32. The van der Waals surface area contributed by atoms with Crippen LogP contribution in [0.5, 0.6) is 0 Å². The van der Waals surface area contributed by atoms with Crippen LogP contribution in [0.25, 0.3) is 0 Å². The predicted octanol–water partition coefficient (Wildman–Crippen LogP) is 8.04. The first-order valence-electron chi connectivity index (χ1n) is 12.0. The Balaban J connectivity index is 2.11. The van der Waals surface area contributed by atoms with E-state index >= 15 is 0 Å². The van der Waals surface area contributed by atoms with Gasteiger partial charge in [-0.05, 0) is 43.7 Å². The van der Waals surface area contributed by atoms with Gasteiger partial charge in [0.25, 0.3) is 0 Å². The number of thioether (sulfide) groups is 1. The minimum absolute atomic E-state index is 0.00416. The average Bonchev–Trinajstić information content (AvgIpc) is 3.09. The predicted molar refractivity (Wildman–Crippen MR) is 131 cm³/mol. The first-order valence-corrected chi connectivity index (χ1v) is 13.0. The van der Waals surface area contributed by atoms with Gasteiger partial charge in [-0.2, -0.15) is 13.2 Å². The van der Waals surface area contributed by atoms with Gasteiger partial charge in [0.15, 0.2) is 5.78 Å². The highest BCUT2D eigenvalue weighted by Crippen LogP contribution is 2.49. The number of esters is 1. The van der Waals surface area contributed by atoms with E-state index in [1.807, 2.05) is 6.08 Å². The molecule has 1 aliphatic rings. The Hall–Kier alpha value is -2.02. The molecule has 7 heteroatoms. The summed E-state index contributed by atoms with van der Waals surface area (Å²) in [4.78, 5) is 25.2. The molecule has 0 aromatic heterocycles. The zero-order valence-corrected chi connectivity index (χ0v) is 21.1. The SMILES string of the molecule is CCCCC1(CC)C=C(SCc2cccc(C(F)(F)F)c2)C(=O)/C1=C/CCCCCC(=O)OC. The molecule has 0 amide bonds. The largest absolute Gasteiger partial charge is 0.469 e. The average molecular weight is 497 g/mol. The smallest absolute Gasteiger partial charge is 0.416 e. The van der Waals surface area contributed by atoms with Crippen molar-refractivity contribution in [2.75, 3.05) is 7.11 Å². The zero-order chi connectivity index (χ0) is 25.2. The fourth-order valence-electron chi connectivity index (χ4n) is 4.26. The molecule has 188 valence electrons. The number of allylic oxidation sites excluding steroid dienone is 4. The second-order valence-electron chi connectivity index (χ2n) is 8.73. The maximum atomic E-state index is 13.3. The molecule has 0 aliphatic heterocycles. The number of carbonyl (C=O) groups excluding carboxylic acids is 2. The molecule has 0 spiro atoms. The van der Waals surface area contributed by atoms with Gasteiger partial charge in [0.05, 0.1) is 17.6 Å². The van der Waals surface area contributed by atoms with E-state index in [4.69, 9.17) is 0 Å². The van der Waals surface area contributed by atoms with Crippen LogP contribution in [0.4, 0.5) is 13.2 Å². The molecule has 0 N–H and O–H groups in total. The number of benzene rings is 1. The van der Waals surface area contributed by atoms with E-state index in [1.165, 1.54) is 24.9 Å². The molecular formula is C27H35F3O3S. The first-order chi connectivity index (χ1) is 16.2. The second-order valence-corrected chi connectivity index (χ2v) is 9.75. The third-order valence-electron chi connectivity index (χ3n) is 6.33. The van der Waals surface area contributed by atoms with Crippen LogP contribution in [-0.2, 0) is 26.3 Å². The Kier molecular flexibility index (Phi) is 10.9. The fourth-order valence-corrected chi connectivity index (χ4v) is 5.31. The Bertz CT molecular complexity index is 905. The number of rotatable bonds is 13. The third kappa shape index (κ3) is 7.76. The number of carbonyl (C=O) groups is 2. The molecule has 1 aromatic rings. The molecule has 0 saturated heterocycles. The molecular weight excluding hydrogens is 461 g/mol. The van der Waals surface area contributed by atoms with Crippen LogP contribution >= 0.6 is 11.8 Å². The maximum Gasteiger partial charge on any atom is 0.416 e. The summed E-state index contributed by atoms with van der Waals surface area (Å²) < 4.78 is 43.8. The Morgan fingerprint density at radius 2 is 1.91 bits per heavy atom. The molecule has 1 aromatic carbocycles. The standard InChI is InChI=1S/C27H35F3O3S/c1-4-6-16-26(5-2)18-23(34-19-20-12-11-13-21(17-20)27(28,29)30)25(32)22(26)14-9-7-8-10-15-24(31)33-3/h11-14,17-18H,4-10,15-16,19H2,1-3H3/b22-14-. The Labute approximate surface area is 205 Å². The lowest BCUT2D eigenvalue weighted by Gasteiger charge is -2.27. The van der Waals surface area contributed by atoms with Gasteiger partial charge in [0, 0.05) is 23.2 Å². The van der Waals surface area contributed by atoms with Crippen molar-refractivity contribution in [2.45, 2.75) is 83.6 Å². The van der Waals surface area contributed by atoms with Crippen LogP contribution in [0, 0.1) is 5.41 Å². The fraction of sp³-hybridized carbons (Fsp3) is 0.556. The van der Waals surface area contributed by atoms with Gasteiger partial charge >= 0.3 is 12.1 Å². The minimum atomic E-state index is -4.38. The van der Waals surface area contributed by atoms with Gasteiger partial charge < -0.3 is 4.74 Å². The number of hydrogen-bond donors (Lipinski definition) is 0. The van der Waals surface area contributed by atoms with Gasteiger partial charge in [0.2, 0.25) is 0 Å². The lowest BCUT2D eigenvalue weighted by atomic mass is 9.75. The highest BCUT2D eigenvalue weighted by molar-refractivity contribution is 8.03. The molecule has 3 nitrogen and oxygen atoms in total. The summed E-state index contributed by atoms with van der Waals surface area (Å²) in [5, 5.41) is 0. The van der Waals surface area contributed by atoms with Crippen LogP contribution in [-0.4, -0.2) is 18.9 Å². The molecule has 0 radical (unpaired) electrons. The van der Waals surface area contributed by atoms with Crippen LogP contribution in [0.2, 0.25) is 0 Å². The van der Waals surface area contributed by atoms with E-state index in [0.717, 1.165) is 69.1 Å². The Morgan fingerprint density at radius 3 is 2.56 bits per heavy atom. The van der Waals surface area contributed by atoms with Crippen molar-refractivity contribution in [1.29, 1.82) is 0 Å². The van der Waals surface area contributed by atoms with Crippen LogP contribution in [0.1, 0.15) is 82.8 Å². The lowest BCUT2D eigenvalue weighted by Crippen LogP contribution is -2.20. The van der Waals surface area contributed by atoms with Crippen LogP contribution < -0.4 is 0 Å². The molecule has 2 rings (SSSR count). The summed E-state index contributed by atoms with van der Waals surface area (Å²) in [5.74, 6) is 0.112. The molecule has 0 fully saturated rings. The van der Waals surface area contributed by atoms with Crippen molar-refractivity contribution in [1.82, 2.24) is 0 Å². The van der Waals surface area contributed by atoms with Crippen LogP contribution in [0.3, 0.4) is 0 Å². The molecule has 0 heterocycles. The highest BCUT2D eigenvalue weighted by Gasteiger charge is 2.41. The molecule has 1 aliphatic carbocycles. The lowest BCUT2D eigenvalue weighted by molar-refractivity contribution is -0.140. The van der Waals surface area contributed by atoms with E-state index in [2.05, 4.69) is 24.7 Å². The summed E-state index contributed by atoms with van der Waals surface area (Å²) in [7, 11) is 1.38. The quantitative estimate of drug-likeness (QED) is 0.157. The van der Waals surface area contributed by atoms with Crippen molar-refractivity contribution in [3.8, 4) is 0 Å². The van der Waals surface area contributed by atoms with E-state index in [1.54, 1.807) is 6.07 Å². The maximum absolute atomic E-state index is 13.3. The van der Waals surface area contributed by atoms with Gasteiger partial charge in [-0.15, -0.1) is 11.8 Å². The molecule has 34 heavy (non-hydrogen) atoms. The van der Waals surface area contributed by atoms with Gasteiger partial charge in [-0.25, -0.2) is 0 Å². The first kappa shape index (κ1) is 28.2. The van der Waals surface area contributed by atoms with Crippen molar-refractivity contribution >= 4 is 23.5 Å². The Morgan fingerprint density at radius 1 is 1.15 bits per heavy atom. The molecule has 1 unspecified atom stereocenters. The molecule has 0 bridgehead atoms. The monoisotopic (exact) mass is 496 g/mol. The van der Waals surface area contributed by atoms with Gasteiger partial charge in [-0.1, -0.05) is 63.5 Å². The molecule has 0 saturated carbocycles. The van der Waals surface area contributed by atoms with Gasteiger partial charge in [0.1, 0.15) is 0 Å². The summed E-state index contributed by atoms with van der Waals surface area (Å²) in [6.07, 6.45) is 7.13. The number of Topliss-reactive ketones (excluding diaryl/α,β-unsaturated/α-hetero) is 1. The third-order valence-corrected chi connectivity index (χ3v) is 7.42. The number of unbranched alkanes of at least 4 members (excludes halogenated alkanes) is 4. The number of methoxy groups -OCH3 is 1. The van der Waals surface area contributed by atoms with Crippen molar-refractivity contribution in [2.24, 2.45) is 5.41 Å². The summed E-state index contributed by atoms with van der Waals surface area (Å²) in [5.41, 5.74) is 0.390. The van der Waals surface area contributed by atoms with Crippen LogP contribution in [0.15, 0.2) is 46.9 Å². The number of hydrogen-bond acceptors (Lipinski definition) is 4. The minimum Gasteiger partial charge on any atom is -0.469 e. The number of alkyl halides is 3. The van der Waals surface area contributed by atoms with Crippen molar-refractivity contribution in [3.63, 3.8) is 0 Å². The number of ether oxygens (including phenoxy) is 1. The van der Waals surface area contributed by atoms with E-state index in [0.29, 0.717) is 22.6 Å². The zero-order valence-electron chi connectivity index (χ0n) is 20.3. The number of halogens is 3. The van der Waals surface area contributed by atoms with E-state index in [9.17, 15) is 22.8 Å². The summed E-state index contributed by atoms with van der Waals surface area (Å²) in [6.45, 7) is 4.21. The van der Waals surface area contributed by atoms with E-state index < -0.39 is 11.7 Å². The highest BCUT2D eigenvalue weighted by atomic mass is 32.2. The van der Waals surface area contributed by atoms with Gasteiger partial charge in [-0.3, -0.25) is 9.59 Å². The normalized spacial score (nSPS) is 19.5. The molecule has 1 atom stereocenters.